The lowest BCUT2D eigenvalue weighted by Crippen LogP contribution is -2.25. The lowest BCUT2D eigenvalue weighted by atomic mass is 10.1. The molecule has 0 spiro atoms. The van der Waals surface area contributed by atoms with Crippen molar-refractivity contribution in [3.8, 4) is 0 Å². The summed E-state index contributed by atoms with van der Waals surface area (Å²) in [4.78, 5) is 17.1. The van der Waals surface area contributed by atoms with Gasteiger partial charge in [0, 0.05) is 30.5 Å². The van der Waals surface area contributed by atoms with Crippen LogP contribution in [0, 0.1) is 6.92 Å². The Morgan fingerprint density at radius 3 is 2.74 bits per heavy atom. The van der Waals surface area contributed by atoms with Crippen molar-refractivity contribution in [2.75, 3.05) is 6.54 Å². The van der Waals surface area contributed by atoms with E-state index >= 15 is 0 Å². The van der Waals surface area contributed by atoms with Crippen LogP contribution in [-0.4, -0.2) is 17.4 Å². The lowest BCUT2D eigenvalue weighted by Gasteiger charge is -2.04. The number of thiazole rings is 1. The number of hydrogen-bond donors (Lipinski definition) is 1. The third kappa shape index (κ3) is 4.83. The summed E-state index contributed by atoms with van der Waals surface area (Å²) in [6.45, 7) is 2.68. The summed E-state index contributed by atoms with van der Waals surface area (Å²) in [5.41, 5.74) is 1.20. The molecule has 4 heteroatoms. The number of nitrogens with zero attached hydrogens (tertiary/aromatic N) is 1. The third-order valence-electron chi connectivity index (χ3n) is 2.85. The Morgan fingerprint density at radius 2 is 2.05 bits per heavy atom. The zero-order chi connectivity index (χ0) is 13.5. The van der Waals surface area contributed by atoms with Gasteiger partial charge in [0.05, 0.1) is 5.01 Å². The molecule has 0 atom stereocenters. The van der Waals surface area contributed by atoms with Gasteiger partial charge in [0.2, 0.25) is 5.91 Å². The first-order valence-electron chi connectivity index (χ1n) is 6.46. The topological polar surface area (TPSA) is 42.0 Å². The van der Waals surface area contributed by atoms with Gasteiger partial charge in [-0.25, -0.2) is 4.98 Å². The van der Waals surface area contributed by atoms with Crippen LogP contribution < -0.4 is 5.32 Å². The first-order chi connectivity index (χ1) is 9.24. The van der Waals surface area contributed by atoms with E-state index in [4.69, 9.17) is 0 Å². The van der Waals surface area contributed by atoms with Crippen molar-refractivity contribution in [2.24, 2.45) is 0 Å². The number of amides is 1. The molecule has 0 saturated heterocycles. The Hall–Kier alpha value is -1.68. The Bertz CT molecular complexity index is 522. The molecule has 0 radical (unpaired) electrons. The second-order valence-corrected chi connectivity index (χ2v) is 5.75. The molecule has 3 nitrogen and oxygen atoms in total. The summed E-state index contributed by atoms with van der Waals surface area (Å²) in [5, 5.41) is 4.03. The summed E-state index contributed by atoms with van der Waals surface area (Å²) in [7, 11) is 0. The van der Waals surface area contributed by atoms with Crippen LogP contribution in [0.15, 0.2) is 36.5 Å². The molecular formula is C15H18N2OS. The standard InChI is InChI=1S/C15H18N2OS/c1-12-17-11-14(19-12)9-10-16-15(18)8-7-13-5-3-2-4-6-13/h2-6,11H,7-10H2,1H3,(H,16,18). The number of hydrogen-bond acceptors (Lipinski definition) is 3. The Balaban J connectivity index is 1.65. The van der Waals surface area contributed by atoms with Crippen LogP contribution >= 0.6 is 11.3 Å². The van der Waals surface area contributed by atoms with Crippen molar-refractivity contribution in [1.82, 2.24) is 10.3 Å². The van der Waals surface area contributed by atoms with E-state index in [-0.39, 0.29) is 5.91 Å². The molecule has 0 aliphatic carbocycles. The van der Waals surface area contributed by atoms with Gasteiger partial charge in [-0.2, -0.15) is 0 Å². The van der Waals surface area contributed by atoms with Crippen LogP contribution in [0.5, 0.6) is 0 Å². The maximum Gasteiger partial charge on any atom is 0.220 e. The molecule has 0 unspecified atom stereocenters. The number of aromatic nitrogens is 1. The van der Waals surface area contributed by atoms with Gasteiger partial charge in [0.15, 0.2) is 0 Å². The largest absolute Gasteiger partial charge is 0.356 e. The summed E-state index contributed by atoms with van der Waals surface area (Å²) >= 11 is 1.69. The molecule has 2 rings (SSSR count). The number of nitrogens with one attached hydrogen (secondary N) is 1. The van der Waals surface area contributed by atoms with E-state index in [0.717, 1.165) is 17.8 Å². The minimum Gasteiger partial charge on any atom is -0.356 e. The quantitative estimate of drug-likeness (QED) is 0.880. The van der Waals surface area contributed by atoms with Gasteiger partial charge in [0.25, 0.3) is 0 Å². The van der Waals surface area contributed by atoms with E-state index in [1.807, 2.05) is 43.5 Å². The van der Waals surface area contributed by atoms with Gasteiger partial charge < -0.3 is 5.32 Å². The Morgan fingerprint density at radius 1 is 1.26 bits per heavy atom. The highest BCUT2D eigenvalue weighted by Gasteiger charge is 2.03. The normalized spacial score (nSPS) is 10.4. The van der Waals surface area contributed by atoms with Gasteiger partial charge in [-0.05, 0) is 18.9 Å². The smallest absolute Gasteiger partial charge is 0.220 e. The van der Waals surface area contributed by atoms with Crippen molar-refractivity contribution in [3.05, 3.63) is 52.0 Å². The van der Waals surface area contributed by atoms with Crippen LogP contribution in [0.2, 0.25) is 0 Å². The molecule has 2 aromatic rings. The average molecular weight is 274 g/mol. The summed E-state index contributed by atoms with van der Waals surface area (Å²) in [6, 6.07) is 10.1. The first-order valence-corrected chi connectivity index (χ1v) is 7.27. The minimum absolute atomic E-state index is 0.116. The van der Waals surface area contributed by atoms with Crippen molar-refractivity contribution < 1.29 is 4.79 Å². The van der Waals surface area contributed by atoms with Crippen LogP contribution in [0.4, 0.5) is 0 Å². The molecule has 0 aliphatic rings. The number of benzene rings is 1. The van der Waals surface area contributed by atoms with Crippen molar-refractivity contribution in [2.45, 2.75) is 26.2 Å². The van der Waals surface area contributed by atoms with Crippen LogP contribution in [0.1, 0.15) is 21.9 Å². The van der Waals surface area contributed by atoms with Crippen molar-refractivity contribution in [3.63, 3.8) is 0 Å². The van der Waals surface area contributed by atoms with E-state index in [2.05, 4.69) is 10.3 Å². The van der Waals surface area contributed by atoms with E-state index in [0.29, 0.717) is 13.0 Å². The number of rotatable bonds is 6. The number of carbonyl (C=O) groups is 1. The fourth-order valence-corrected chi connectivity index (χ4v) is 2.63. The zero-order valence-corrected chi connectivity index (χ0v) is 11.9. The van der Waals surface area contributed by atoms with Crippen LogP contribution in [0.25, 0.3) is 0 Å². The van der Waals surface area contributed by atoms with Gasteiger partial charge in [-0.3, -0.25) is 4.79 Å². The van der Waals surface area contributed by atoms with Gasteiger partial charge in [0.1, 0.15) is 0 Å². The van der Waals surface area contributed by atoms with E-state index in [1.165, 1.54) is 10.4 Å². The monoisotopic (exact) mass is 274 g/mol. The molecule has 0 aliphatic heterocycles. The fourth-order valence-electron chi connectivity index (χ4n) is 1.84. The Kier molecular flexibility index (Phi) is 5.10. The van der Waals surface area contributed by atoms with E-state index in [1.54, 1.807) is 11.3 Å². The van der Waals surface area contributed by atoms with Crippen molar-refractivity contribution in [1.29, 1.82) is 0 Å². The fraction of sp³-hybridized carbons (Fsp3) is 0.333. The molecule has 0 saturated carbocycles. The summed E-state index contributed by atoms with van der Waals surface area (Å²) in [5.74, 6) is 0.116. The molecule has 1 heterocycles. The first kappa shape index (κ1) is 13.7. The lowest BCUT2D eigenvalue weighted by molar-refractivity contribution is -0.121. The summed E-state index contributed by atoms with van der Waals surface area (Å²) < 4.78 is 0. The van der Waals surface area contributed by atoms with Crippen LogP contribution in [-0.2, 0) is 17.6 Å². The maximum absolute atomic E-state index is 11.7. The van der Waals surface area contributed by atoms with Crippen LogP contribution in [0.3, 0.4) is 0 Å². The molecule has 1 N–H and O–H groups in total. The maximum atomic E-state index is 11.7. The number of carbonyl (C=O) groups excluding carboxylic acids is 1. The molecule has 1 aromatic carbocycles. The predicted octanol–water partition coefficient (Wildman–Crippen LogP) is 2.74. The third-order valence-corrected chi connectivity index (χ3v) is 3.82. The predicted molar refractivity (Wildman–Crippen MR) is 78.3 cm³/mol. The molecule has 1 aromatic heterocycles. The SMILES string of the molecule is Cc1ncc(CCNC(=O)CCc2ccccc2)s1. The molecule has 19 heavy (non-hydrogen) atoms. The highest BCUT2D eigenvalue weighted by atomic mass is 32.1. The molecular weight excluding hydrogens is 256 g/mol. The van der Waals surface area contributed by atoms with Crippen molar-refractivity contribution >= 4 is 17.2 Å². The highest BCUT2D eigenvalue weighted by molar-refractivity contribution is 7.11. The molecule has 0 bridgehead atoms. The van der Waals surface area contributed by atoms with E-state index < -0.39 is 0 Å². The van der Waals surface area contributed by atoms with Gasteiger partial charge in [-0.15, -0.1) is 11.3 Å². The van der Waals surface area contributed by atoms with Gasteiger partial charge in [-0.1, -0.05) is 30.3 Å². The van der Waals surface area contributed by atoms with Gasteiger partial charge >= 0.3 is 0 Å². The molecule has 1 amide bonds. The zero-order valence-electron chi connectivity index (χ0n) is 11.1. The minimum atomic E-state index is 0.116. The molecule has 100 valence electrons. The molecule has 0 fully saturated rings. The second kappa shape index (κ2) is 7.04. The number of aryl methyl sites for hydroxylation is 2. The van der Waals surface area contributed by atoms with E-state index in [9.17, 15) is 4.79 Å². The Labute approximate surface area is 117 Å². The summed E-state index contributed by atoms with van der Waals surface area (Å²) in [6.07, 6.45) is 4.09. The highest BCUT2D eigenvalue weighted by Crippen LogP contribution is 2.11. The second-order valence-electron chi connectivity index (χ2n) is 4.43. The average Bonchev–Trinajstić information content (AvgIpc) is 2.83.